The SMILES string of the molecule is [Ag].[Co].[Si].[Sn]. The van der Waals surface area contributed by atoms with Crippen LogP contribution >= 0.6 is 0 Å². The molecule has 0 aromatic rings. The first kappa shape index (κ1) is 33.9. The van der Waals surface area contributed by atoms with Crippen molar-refractivity contribution in [3.05, 3.63) is 0 Å². The van der Waals surface area contributed by atoms with Gasteiger partial charge in [-0.3, -0.25) is 0 Å². The van der Waals surface area contributed by atoms with Crippen LogP contribution in [0, 0.1) is 0 Å². The zero-order valence-corrected chi connectivity index (χ0v) is 8.01. The smallest absolute Gasteiger partial charge is 0 e. The van der Waals surface area contributed by atoms with E-state index in [1.807, 2.05) is 0 Å². The largest absolute Gasteiger partial charge is 0 e. The fourth-order valence-corrected chi connectivity index (χ4v) is 0. The van der Waals surface area contributed by atoms with Gasteiger partial charge in [-0.1, -0.05) is 0 Å². The minimum atomic E-state index is 0. The van der Waals surface area contributed by atoms with Crippen LogP contribution in [-0.2, 0) is 39.2 Å². The van der Waals surface area contributed by atoms with Gasteiger partial charge in [-0.15, -0.1) is 0 Å². The van der Waals surface area contributed by atoms with Gasteiger partial charge in [0.1, 0.15) is 0 Å². The van der Waals surface area contributed by atoms with E-state index < -0.39 is 0 Å². The third kappa shape index (κ3) is 8.86. The Morgan fingerprint density at radius 1 is 1.00 bits per heavy atom. The van der Waals surface area contributed by atoms with E-state index in [4.69, 9.17) is 0 Å². The maximum Gasteiger partial charge on any atom is 0 e. The van der Waals surface area contributed by atoms with Crippen molar-refractivity contribution in [3.63, 3.8) is 0 Å². The molecule has 0 spiro atoms. The van der Waals surface area contributed by atoms with Crippen molar-refractivity contribution in [2.75, 3.05) is 0 Å². The van der Waals surface area contributed by atoms with E-state index in [0.717, 1.165) is 0 Å². The van der Waals surface area contributed by atoms with Gasteiger partial charge >= 0.3 is 0 Å². The van der Waals surface area contributed by atoms with Crippen LogP contribution in [0.4, 0.5) is 0 Å². The minimum Gasteiger partial charge on any atom is 0 e. The zero-order chi connectivity index (χ0) is 0. The molecule has 0 saturated carbocycles. The Morgan fingerprint density at radius 2 is 1.00 bits per heavy atom. The monoisotopic (exact) mass is 314 g/mol. The van der Waals surface area contributed by atoms with Gasteiger partial charge in [0.25, 0.3) is 0 Å². The van der Waals surface area contributed by atoms with Crippen LogP contribution in [0.1, 0.15) is 0 Å². The quantitative estimate of drug-likeness (QED) is 0.516. The molecule has 0 unspecified atom stereocenters. The molecule has 0 nitrogen and oxygen atoms in total. The van der Waals surface area contributed by atoms with Crippen molar-refractivity contribution in [1.82, 2.24) is 0 Å². The molecule has 0 amide bonds. The van der Waals surface area contributed by atoms with Crippen molar-refractivity contribution in [2.45, 2.75) is 0 Å². The van der Waals surface area contributed by atoms with Crippen LogP contribution in [-0.4, -0.2) is 34.9 Å². The molecule has 0 aliphatic rings. The third-order valence-electron chi connectivity index (χ3n) is 0. The predicted molar refractivity (Wildman–Crippen MR) is 11.5 cm³/mol. The third-order valence-corrected chi connectivity index (χ3v) is 0. The fourth-order valence-electron chi connectivity index (χ4n) is 0. The van der Waals surface area contributed by atoms with Gasteiger partial charge in [0, 0.05) is 74.0 Å². The van der Waals surface area contributed by atoms with E-state index in [-0.39, 0.29) is 74.0 Å². The predicted octanol–water partition coefficient (Wildman–Crippen LogP) is -0.767. The van der Waals surface area contributed by atoms with Gasteiger partial charge in [-0.05, 0) is 0 Å². The Morgan fingerprint density at radius 3 is 1.00 bits per heavy atom. The summed E-state index contributed by atoms with van der Waals surface area (Å²) in [5.41, 5.74) is 0. The van der Waals surface area contributed by atoms with E-state index in [1.165, 1.54) is 0 Å². The molecule has 0 aromatic carbocycles. The van der Waals surface area contributed by atoms with Crippen LogP contribution in [0.25, 0.3) is 0 Å². The molecule has 0 saturated heterocycles. The summed E-state index contributed by atoms with van der Waals surface area (Å²) in [7, 11) is 0. The molecule has 0 aliphatic carbocycles. The molecule has 0 N–H and O–H groups in total. The Hall–Kier alpha value is 2.26. The Balaban J connectivity index is 0. The second-order valence-corrected chi connectivity index (χ2v) is 0. The van der Waals surface area contributed by atoms with E-state index in [2.05, 4.69) is 0 Å². The molecule has 0 fully saturated rings. The van der Waals surface area contributed by atoms with Crippen LogP contribution < -0.4 is 0 Å². The molecular weight excluding hydrogens is 314 g/mol. The summed E-state index contributed by atoms with van der Waals surface area (Å²) in [5.74, 6) is 0. The van der Waals surface area contributed by atoms with Crippen molar-refractivity contribution in [2.24, 2.45) is 0 Å². The van der Waals surface area contributed by atoms with E-state index in [1.54, 1.807) is 0 Å². The van der Waals surface area contributed by atoms with E-state index >= 15 is 0 Å². The average molecular weight is 314 g/mol. The van der Waals surface area contributed by atoms with Gasteiger partial charge < -0.3 is 0 Å². The minimum absolute atomic E-state index is 0. The zero-order valence-electron chi connectivity index (χ0n) is 1.63. The first-order chi connectivity index (χ1) is 0. The van der Waals surface area contributed by atoms with Crippen molar-refractivity contribution >= 4 is 34.9 Å². The van der Waals surface area contributed by atoms with Crippen LogP contribution in [0.15, 0.2) is 0 Å². The number of hydrogen-bond acceptors (Lipinski definition) is 0. The molecule has 4 heavy (non-hydrogen) atoms. The molecule has 0 rings (SSSR count). The van der Waals surface area contributed by atoms with Gasteiger partial charge in [-0.2, -0.15) is 0 Å². The van der Waals surface area contributed by atoms with E-state index in [9.17, 15) is 0 Å². The second-order valence-electron chi connectivity index (χ2n) is 0. The van der Waals surface area contributed by atoms with Crippen LogP contribution in [0.2, 0.25) is 0 Å². The summed E-state index contributed by atoms with van der Waals surface area (Å²) in [6, 6.07) is 0. The normalized spacial score (nSPS) is 0. The Kier molecular flexibility index (Phi) is 158. The maximum atomic E-state index is 0. The maximum absolute atomic E-state index is 0. The molecule has 4 heteroatoms. The number of hydrogen-bond donors (Lipinski definition) is 0. The van der Waals surface area contributed by atoms with Crippen LogP contribution in [0.5, 0.6) is 0 Å². The molecule has 0 atom stereocenters. The van der Waals surface area contributed by atoms with Gasteiger partial charge in [0.15, 0.2) is 0 Å². The summed E-state index contributed by atoms with van der Waals surface area (Å²) in [4.78, 5) is 0. The summed E-state index contributed by atoms with van der Waals surface area (Å²) >= 11 is 0. The Labute approximate surface area is 73.2 Å². The molecule has 28 valence electrons. The summed E-state index contributed by atoms with van der Waals surface area (Å²) in [6.45, 7) is 0. The summed E-state index contributed by atoms with van der Waals surface area (Å²) in [6.07, 6.45) is 0. The molecular formula is AgCoSiSn. The Bertz CT molecular complexity index is 8.00. The van der Waals surface area contributed by atoms with Gasteiger partial charge in [0.2, 0.25) is 0 Å². The average Bonchev–Trinajstić information content (AvgIpc) is 0. The van der Waals surface area contributed by atoms with Crippen molar-refractivity contribution in [3.8, 4) is 0 Å². The van der Waals surface area contributed by atoms with Crippen molar-refractivity contribution in [1.29, 1.82) is 0 Å². The standard InChI is InChI=1S/Ag.Co.Si.Sn. The molecule has 0 bridgehead atoms. The first-order valence-corrected chi connectivity index (χ1v) is 0. The molecule has 0 aromatic heterocycles. The van der Waals surface area contributed by atoms with Crippen molar-refractivity contribution < 1.29 is 39.2 Å². The molecule has 0 aliphatic heterocycles. The van der Waals surface area contributed by atoms with E-state index in [0.29, 0.717) is 0 Å². The van der Waals surface area contributed by atoms with Crippen LogP contribution in [0.3, 0.4) is 0 Å². The summed E-state index contributed by atoms with van der Waals surface area (Å²) in [5, 5.41) is 0. The number of rotatable bonds is 0. The van der Waals surface area contributed by atoms with Gasteiger partial charge in [-0.25, -0.2) is 0 Å². The molecule has 0 heterocycles. The fraction of sp³-hybridized carbons (Fsp3) is 0. The summed E-state index contributed by atoms with van der Waals surface area (Å²) < 4.78 is 0. The second kappa shape index (κ2) is 18.7. The first-order valence-electron chi connectivity index (χ1n) is 0. The molecule has 10 radical (unpaired) electrons. The topological polar surface area (TPSA) is 0 Å². The van der Waals surface area contributed by atoms with Gasteiger partial charge in [0.05, 0.1) is 0 Å².